The lowest BCUT2D eigenvalue weighted by Gasteiger charge is -2.17. The molecule has 0 amide bonds. The molecule has 0 saturated carbocycles. The Bertz CT molecular complexity index is 585. The largest absolute Gasteiger partial charge is 0.389 e. The van der Waals surface area contributed by atoms with Gasteiger partial charge in [0, 0.05) is 6.54 Å². The van der Waals surface area contributed by atoms with Gasteiger partial charge in [0.2, 0.25) is 0 Å². The van der Waals surface area contributed by atoms with Crippen molar-refractivity contribution in [1.29, 1.82) is 0 Å². The highest BCUT2D eigenvalue weighted by Gasteiger charge is 2.47. The van der Waals surface area contributed by atoms with E-state index in [1.807, 2.05) is 6.92 Å². The zero-order valence-corrected chi connectivity index (χ0v) is 11.8. The maximum absolute atomic E-state index is 12.2. The van der Waals surface area contributed by atoms with Crippen LogP contribution in [0, 0.1) is 6.92 Å². The first-order chi connectivity index (χ1) is 9.47. The Morgan fingerprint density at radius 3 is 2.75 bits per heavy atom. The summed E-state index contributed by atoms with van der Waals surface area (Å²) >= 11 is 0. The van der Waals surface area contributed by atoms with E-state index in [2.05, 4.69) is 5.32 Å². The van der Waals surface area contributed by atoms with Gasteiger partial charge in [-0.3, -0.25) is 4.18 Å². The van der Waals surface area contributed by atoms with E-state index in [0.717, 1.165) is 5.56 Å². The molecule has 0 aliphatic carbocycles. The highest BCUT2D eigenvalue weighted by Crippen LogP contribution is 2.27. The normalized spacial score (nSPS) is 33.3. The van der Waals surface area contributed by atoms with Crippen LogP contribution in [0.1, 0.15) is 5.56 Å². The molecule has 0 radical (unpaired) electrons. The minimum Gasteiger partial charge on any atom is -0.389 e. The molecule has 0 aromatic heterocycles. The Kier molecular flexibility index (Phi) is 3.55. The third-order valence-corrected chi connectivity index (χ3v) is 5.06. The summed E-state index contributed by atoms with van der Waals surface area (Å²) in [5, 5.41) is 12.7. The van der Waals surface area contributed by atoms with Gasteiger partial charge in [-0.2, -0.15) is 8.42 Å². The molecule has 20 heavy (non-hydrogen) atoms. The van der Waals surface area contributed by atoms with Gasteiger partial charge in [-0.05, 0) is 19.1 Å². The Morgan fingerprint density at radius 1 is 1.35 bits per heavy atom. The smallest absolute Gasteiger partial charge is 0.297 e. The second-order valence-corrected chi connectivity index (χ2v) is 6.77. The second kappa shape index (κ2) is 5.09. The SMILES string of the molecule is Cc1ccc(S(=O)(=O)O[C@H]2CN[C@@H]3[C@@H]2OC[C@@H]3O)cc1. The highest BCUT2D eigenvalue weighted by atomic mass is 32.2. The number of aliphatic hydroxyl groups is 1. The topological polar surface area (TPSA) is 84.9 Å². The van der Waals surface area contributed by atoms with Gasteiger partial charge in [-0.15, -0.1) is 0 Å². The van der Waals surface area contributed by atoms with Crippen molar-refractivity contribution in [3.05, 3.63) is 29.8 Å². The molecule has 7 heteroatoms. The monoisotopic (exact) mass is 299 g/mol. The van der Waals surface area contributed by atoms with E-state index in [0.29, 0.717) is 6.54 Å². The maximum atomic E-state index is 12.2. The number of rotatable bonds is 3. The molecule has 2 aliphatic rings. The van der Waals surface area contributed by atoms with Crippen molar-refractivity contribution in [3.63, 3.8) is 0 Å². The van der Waals surface area contributed by atoms with Crippen LogP contribution in [0.15, 0.2) is 29.2 Å². The fraction of sp³-hybridized carbons (Fsp3) is 0.538. The van der Waals surface area contributed by atoms with Crippen LogP contribution in [-0.2, 0) is 19.0 Å². The summed E-state index contributed by atoms with van der Waals surface area (Å²) in [7, 11) is -3.82. The summed E-state index contributed by atoms with van der Waals surface area (Å²) in [6, 6.07) is 6.24. The standard InChI is InChI=1S/C13H17NO5S/c1-8-2-4-9(5-3-8)20(16,17)19-11-6-14-12-10(15)7-18-13(11)12/h2-5,10-15H,6-7H2,1H3/t10-,11-,12-,13+/m0/s1. The van der Waals surface area contributed by atoms with E-state index in [1.165, 1.54) is 12.1 Å². The van der Waals surface area contributed by atoms with Gasteiger partial charge in [-0.1, -0.05) is 17.7 Å². The van der Waals surface area contributed by atoms with Crippen LogP contribution >= 0.6 is 0 Å². The maximum Gasteiger partial charge on any atom is 0.297 e. The Balaban J connectivity index is 1.76. The lowest BCUT2D eigenvalue weighted by Crippen LogP contribution is -2.37. The van der Waals surface area contributed by atoms with E-state index < -0.39 is 28.4 Å². The van der Waals surface area contributed by atoms with Crippen LogP contribution in [-0.4, -0.2) is 51.0 Å². The first-order valence-electron chi connectivity index (χ1n) is 6.50. The van der Waals surface area contributed by atoms with E-state index in [9.17, 15) is 13.5 Å². The molecule has 0 unspecified atom stereocenters. The first-order valence-corrected chi connectivity index (χ1v) is 7.91. The Labute approximate surface area is 117 Å². The summed E-state index contributed by atoms with van der Waals surface area (Å²) in [4.78, 5) is 0.130. The minimum atomic E-state index is -3.82. The molecule has 110 valence electrons. The lowest BCUT2D eigenvalue weighted by molar-refractivity contribution is 0.0278. The zero-order valence-electron chi connectivity index (χ0n) is 11.0. The molecule has 2 saturated heterocycles. The zero-order chi connectivity index (χ0) is 14.3. The van der Waals surface area contributed by atoms with Gasteiger partial charge in [0.15, 0.2) is 0 Å². The fourth-order valence-electron chi connectivity index (χ4n) is 2.61. The van der Waals surface area contributed by atoms with Crippen LogP contribution in [0.2, 0.25) is 0 Å². The van der Waals surface area contributed by atoms with E-state index in [-0.39, 0.29) is 17.5 Å². The molecule has 4 atom stereocenters. The van der Waals surface area contributed by atoms with Crippen LogP contribution in [0.5, 0.6) is 0 Å². The summed E-state index contributed by atoms with van der Waals surface area (Å²) in [5.74, 6) is 0. The molecular weight excluding hydrogens is 282 g/mol. The lowest BCUT2D eigenvalue weighted by atomic mass is 10.1. The van der Waals surface area contributed by atoms with Crippen LogP contribution in [0.25, 0.3) is 0 Å². The minimum absolute atomic E-state index is 0.130. The van der Waals surface area contributed by atoms with Gasteiger partial charge >= 0.3 is 0 Å². The molecule has 2 N–H and O–H groups in total. The number of aliphatic hydroxyl groups excluding tert-OH is 1. The average molecular weight is 299 g/mol. The third kappa shape index (κ3) is 2.47. The van der Waals surface area contributed by atoms with E-state index >= 15 is 0 Å². The highest BCUT2D eigenvalue weighted by molar-refractivity contribution is 7.86. The van der Waals surface area contributed by atoms with E-state index in [1.54, 1.807) is 12.1 Å². The quantitative estimate of drug-likeness (QED) is 0.752. The van der Waals surface area contributed by atoms with Gasteiger partial charge in [-0.25, -0.2) is 0 Å². The van der Waals surface area contributed by atoms with E-state index in [4.69, 9.17) is 8.92 Å². The predicted octanol–water partition coefficient (Wildman–Crippen LogP) is -0.200. The summed E-state index contributed by atoms with van der Waals surface area (Å²) in [5.41, 5.74) is 0.980. The van der Waals surface area contributed by atoms with Crippen molar-refractivity contribution >= 4 is 10.1 Å². The molecule has 6 nitrogen and oxygen atoms in total. The van der Waals surface area contributed by atoms with Crippen molar-refractivity contribution in [2.75, 3.05) is 13.2 Å². The molecule has 1 aromatic carbocycles. The van der Waals surface area contributed by atoms with Crippen LogP contribution in [0.3, 0.4) is 0 Å². The number of nitrogens with one attached hydrogen (secondary N) is 1. The summed E-state index contributed by atoms with van der Waals surface area (Å²) in [6.07, 6.45) is -1.65. The Morgan fingerprint density at radius 2 is 2.05 bits per heavy atom. The third-order valence-electron chi connectivity index (χ3n) is 3.71. The Hall–Kier alpha value is -0.990. The number of hydrogen-bond acceptors (Lipinski definition) is 6. The van der Waals surface area contributed by atoms with Gasteiger partial charge in [0.05, 0.1) is 23.6 Å². The van der Waals surface area contributed by atoms with Crippen molar-refractivity contribution in [3.8, 4) is 0 Å². The van der Waals surface area contributed by atoms with Gasteiger partial charge < -0.3 is 15.2 Å². The van der Waals surface area contributed by atoms with Crippen molar-refractivity contribution in [1.82, 2.24) is 5.32 Å². The molecule has 2 aliphatic heterocycles. The first kappa shape index (κ1) is 14.0. The van der Waals surface area contributed by atoms with Crippen molar-refractivity contribution < 1.29 is 22.4 Å². The average Bonchev–Trinajstić information content (AvgIpc) is 2.95. The van der Waals surface area contributed by atoms with Gasteiger partial charge in [0.1, 0.15) is 12.2 Å². The molecule has 1 aromatic rings. The molecule has 0 bridgehead atoms. The van der Waals surface area contributed by atoms with Gasteiger partial charge in [0.25, 0.3) is 10.1 Å². The van der Waals surface area contributed by atoms with Crippen LogP contribution in [0.4, 0.5) is 0 Å². The van der Waals surface area contributed by atoms with Crippen molar-refractivity contribution in [2.24, 2.45) is 0 Å². The summed E-state index contributed by atoms with van der Waals surface area (Å²) < 4.78 is 35.1. The number of hydrogen-bond donors (Lipinski definition) is 2. The fourth-order valence-corrected chi connectivity index (χ4v) is 3.69. The molecular formula is C13H17NO5S. The number of fused-ring (bicyclic) bond motifs is 1. The van der Waals surface area contributed by atoms with Crippen molar-refractivity contribution in [2.45, 2.75) is 36.2 Å². The second-order valence-electron chi connectivity index (χ2n) is 5.20. The predicted molar refractivity (Wildman–Crippen MR) is 70.8 cm³/mol. The number of aryl methyl sites for hydroxylation is 1. The van der Waals surface area contributed by atoms with Crippen LogP contribution < -0.4 is 5.32 Å². The molecule has 0 spiro atoms. The molecule has 2 heterocycles. The number of ether oxygens (including phenoxy) is 1. The summed E-state index contributed by atoms with van der Waals surface area (Å²) in [6.45, 7) is 2.43. The molecule has 3 rings (SSSR count). The molecule has 2 fully saturated rings. The number of benzene rings is 1.